The van der Waals surface area contributed by atoms with Crippen molar-refractivity contribution in [3.63, 3.8) is 0 Å². The average molecular weight is 459 g/mol. The topological polar surface area (TPSA) is 30.5 Å². The first kappa shape index (κ1) is 22.0. The van der Waals surface area contributed by atoms with Crippen molar-refractivity contribution < 1.29 is 13.9 Å². The van der Waals surface area contributed by atoms with E-state index in [2.05, 4.69) is 35.1 Å². The van der Waals surface area contributed by atoms with Crippen LogP contribution in [0, 0.1) is 11.7 Å². The number of halogens is 3. The van der Waals surface area contributed by atoms with Gasteiger partial charge in [0.2, 0.25) is 0 Å². The van der Waals surface area contributed by atoms with Crippen molar-refractivity contribution >= 4 is 27.5 Å². The van der Waals surface area contributed by atoms with Gasteiger partial charge >= 0.3 is 0 Å². The summed E-state index contributed by atoms with van der Waals surface area (Å²) in [5.74, 6) is 1.61. The number of benzene rings is 2. The summed E-state index contributed by atoms with van der Waals surface area (Å²) in [6, 6.07) is 8.17. The van der Waals surface area contributed by atoms with Crippen LogP contribution >= 0.6 is 27.5 Å². The summed E-state index contributed by atoms with van der Waals surface area (Å²) in [7, 11) is 0. The third kappa shape index (κ3) is 6.98. The van der Waals surface area contributed by atoms with E-state index in [9.17, 15) is 4.39 Å². The zero-order valence-electron chi connectivity index (χ0n) is 16.0. The van der Waals surface area contributed by atoms with Gasteiger partial charge in [-0.05, 0) is 55.6 Å². The second kappa shape index (κ2) is 10.9. The van der Waals surface area contributed by atoms with E-state index < -0.39 is 0 Å². The molecule has 0 fully saturated rings. The van der Waals surface area contributed by atoms with E-state index in [0.717, 1.165) is 35.1 Å². The minimum absolute atomic E-state index is 0.234. The van der Waals surface area contributed by atoms with Gasteiger partial charge in [0.1, 0.15) is 12.4 Å². The lowest BCUT2D eigenvalue weighted by atomic mass is 10.1. The molecule has 0 unspecified atom stereocenters. The molecule has 27 heavy (non-hydrogen) atoms. The average Bonchev–Trinajstić information content (AvgIpc) is 2.60. The molecule has 2 rings (SSSR count). The second-order valence-electron chi connectivity index (χ2n) is 6.71. The summed E-state index contributed by atoms with van der Waals surface area (Å²) in [5, 5.41) is 3.80. The Kier molecular flexibility index (Phi) is 8.87. The van der Waals surface area contributed by atoms with Gasteiger partial charge in [-0.25, -0.2) is 4.39 Å². The molecule has 0 aromatic heterocycles. The Balaban J connectivity index is 2.09. The molecule has 2 aromatic rings. The number of hydrogen-bond donors (Lipinski definition) is 1. The van der Waals surface area contributed by atoms with E-state index in [4.69, 9.17) is 21.1 Å². The van der Waals surface area contributed by atoms with Crippen molar-refractivity contribution in [1.82, 2.24) is 5.32 Å². The van der Waals surface area contributed by atoms with Gasteiger partial charge in [-0.3, -0.25) is 0 Å². The first-order chi connectivity index (χ1) is 12.9. The monoisotopic (exact) mass is 457 g/mol. The van der Waals surface area contributed by atoms with E-state index in [1.54, 1.807) is 6.07 Å². The molecule has 0 radical (unpaired) electrons. The van der Waals surface area contributed by atoms with Crippen LogP contribution in [-0.4, -0.2) is 13.2 Å². The van der Waals surface area contributed by atoms with Gasteiger partial charge in [0.15, 0.2) is 11.5 Å². The number of ether oxygens (including phenoxy) is 2. The van der Waals surface area contributed by atoms with Gasteiger partial charge in [0, 0.05) is 16.6 Å². The first-order valence-electron chi connectivity index (χ1n) is 9.13. The van der Waals surface area contributed by atoms with Gasteiger partial charge in [-0.1, -0.05) is 47.4 Å². The van der Waals surface area contributed by atoms with Crippen LogP contribution in [0.2, 0.25) is 5.02 Å². The largest absolute Gasteiger partial charge is 0.490 e. The zero-order valence-corrected chi connectivity index (χ0v) is 18.3. The maximum absolute atomic E-state index is 13.2. The molecule has 0 bridgehead atoms. The molecule has 2 aromatic carbocycles. The van der Waals surface area contributed by atoms with E-state index in [1.165, 1.54) is 12.1 Å². The standard InChI is InChI=1S/C21H26BrClFNO2/c1-4-26-20-9-16(12-25-8-7-14(2)3)18(22)11-21(20)27-13-15-5-6-17(24)10-19(15)23/h5-6,9-11,14,25H,4,7-8,12-13H2,1-3H3. The Hall–Kier alpha value is -1.30. The Labute approximate surface area is 174 Å². The van der Waals surface area contributed by atoms with Crippen molar-refractivity contribution in [1.29, 1.82) is 0 Å². The van der Waals surface area contributed by atoms with E-state index in [-0.39, 0.29) is 12.4 Å². The summed E-state index contributed by atoms with van der Waals surface area (Å²) in [5.41, 5.74) is 1.82. The summed E-state index contributed by atoms with van der Waals surface area (Å²) in [6.45, 7) is 8.85. The fraction of sp³-hybridized carbons (Fsp3) is 0.429. The lowest BCUT2D eigenvalue weighted by Crippen LogP contribution is -2.16. The molecule has 0 atom stereocenters. The van der Waals surface area contributed by atoms with Crippen molar-refractivity contribution in [2.45, 2.75) is 40.3 Å². The van der Waals surface area contributed by atoms with Crippen LogP contribution in [0.5, 0.6) is 11.5 Å². The lowest BCUT2D eigenvalue weighted by molar-refractivity contribution is 0.268. The second-order valence-corrected chi connectivity index (χ2v) is 7.97. The quantitative estimate of drug-likeness (QED) is 0.420. The molecule has 0 aliphatic heterocycles. The zero-order chi connectivity index (χ0) is 19.8. The Morgan fingerprint density at radius 2 is 1.85 bits per heavy atom. The third-order valence-corrected chi connectivity index (χ3v) is 5.11. The van der Waals surface area contributed by atoms with Crippen LogP contribution < -0.4 is 14.8 Å². The summed E-state index contributed by atoms with van der Waals surface area (Å²) >= 11 is 9.69. The Bertz CT molecular complexity index is 755. The molecule has 0 saturated heterocycles. The van der Waals surface area contributed by atoms with Gasteiger partial charge in [0.25, 0.3) is 0 Å². The highest BCUT2D eigenvalue weighted by atomic mass is 79.9. The minimum Gasteiger partial charge on any atom is -0.490 e. The predicted molar refractivity (Wildman–Crippen MR) is 112 cm³/mol. The van der Waals surface area contributed by atoms with Crippen molar-refractivity contribution in [2.75, 3.05) is 13.2 Å². The molecule has 6 heteroatoms. The Morgan fingerprint density at radius 3 is 2.52 bits per heavy atom. The number of hydrogen-bond acceptors (Lipinski definition) is 3. The van der Waals surface area contributed by atoms with Crippen molar-refractivity contribution in [2.24, 2.45) is 5.92 Å². The highest BCUT2D eigenvalue weighted by molar-refractivity contribution is 9.10. The van der Waals surface area contributed by atoms with Crippen LogP contribution in [0.1, 0.15) is 38.3 Å². The molecular formula is C21H26BrClFNO2. The molecule has 0 spiro atoms. The fourth-order valence-electron chi connectivity index (χ4n) is 2.50. The number of rotatable bonds is 10. The third-order valence-electron chi connectivity index (χ3n) is 4.02. The molecule has 0 aliphatic rings. The molecule has 3 nitrogen and oxygen atoms in total. The van der Waals surface area contributed by atoms with Crippen molar-refractivity contribution in [3.05, 3.63) is 56.8 Å². The fourth-order valence-corrected chi connectivity index (χ4v) is 3.19. The molecule has 148 valence electrons. The van der Waals surface area contributed by atoms with Crippen LogP contribution in [-0.2, 0) is 13.2 Å². The lowest BCUT2D eigenvalue weighted by Gasteiger charge is -2.16. The molecule has 1 N–H and O–H groups in total. The highest BCUT2D eigenvalue weighted by Gasteiger charge is 2.12. The molecule has 0 amide bonds. The highest BCUT2D eigenvalue weighted by Crippen LogP contribution is 2.35. The maximum Gasteiger partial charge on any atom is 0.162 e. The smallest absolute Gasteiger partial charge is 0.162 e. The van der Waals surface area contributed by atoms with Gasteiger partial charge < -0.3 is 14.8 Å². The SMILES string of the molecule is CCOc1cc(CNCCC(C)C)c(Br)cc1OCc1ccc(F)cc1Cl. The first-order valence-corrected chi connectivity index (χ1v) is 10.3. The van der Waals surface area contributed by atoms with Crippen LogP contribution in [0.3, 0.4) is 0 Å². The van der Waals surface area contributed by atoms with E-state index >= 15 is 0 Å². The van der Waals surface area contributed by atoms with Crippen molar-refractivity contribution in [3.8, 4) is 11.5 Å². The summed E-state index contributed by atoms with van der Waals surface area (Å²) in [6.07, 6.45) is 1.13. The normalized spacial score (nSPS) is 11.1. The van der Waals surface area contributed by atoms with Gasteiger partial charge in [0.05, 0.1) is 11.6 Å². The summed E-state index contributed by atoms with van der Waals surface area (Å²) < 4.78 is 25.8. The summed E-state index contributed by atoms with van der Waals surface area (Å²) in [4.78, 5) is 0. The van der Waals surface area contributed by atoms with Crippen LogP contribution in [0.15, 0.2) is 34.8 Å². The molecule has 0 saturated carbocycles. The maximum atomic E-state index is 13.2. The molecule has 0 aliphatic carbocycles. The molecule has 0 heterocycles. The Morgan fingerprint density at radius 1 is 1.11 bits per heavy atom. The molecular weight excluding hydrogens is 433 g/mol. The predicted octanol–water partition coefficient (Wildman–Crippen LogP) is 6.36. The van der Waals surface area contributed by atoms with E-state index in [0.29, 0.717) is 29.0 Å². The van der Waals surface area contributed by atoms with E-state index in [1.807, 2.05) is 19.1 Å². The van der Waals surface area contributed by atoms with Gasteiger partial charge in [-0.15, -0.1) is 0 Å². The number of nitrogens with one attached hydrogen (secondary N) is 1. The van der Waals surface area contributed by atoms with Gasteiger partial charge in [-0.2, -0.15) is 0 Å². The minimum atomic E-state index is -0.365. The van der Waals surface area contributed by atoms with Crippen LogP contribution in [0.25, 0.3) is 0 Å². The van der Waals surface area contributed by atoms with Crippen LogP contribution in [0.4, 0.5) is 4.39 Å².